The molecule has 124 valence electrons. The van der Waals surface area contributed by atoms with Crippen LogP contribution in [0, 0.1) is 0 Å². The van der Waals surface area contributed by atoms with E-state index in [1.54, 1.807) is 20.4 Å². The third-order valence-corrected chi connectivity index (χ3v) is 3.09. The predicted molar refractivity (Wildman–Crippen MR) is 91.0 cm³/mol. The van der Waals surface area contributed by atoms with Gasteiger partial charge in [0.1, 0.15) is 11.5 Å². The molecule has 0 atom stereocenters. The number of aliphatic imine (C=N–C) groups is 1. The van der Waals surface area contributed by atoms with Crippen LogP contribution in [0.4, 0.5) is 5.69 Å². The van der Waals surface area contributed by atoms with Crippen LogP contribution < -0.4 is 15.4 Å². The summed E-state index contributed by atoms with van der Waals surface area (Å²) in [5.74, 6) is 2.33. The number of hydrogen-bond donors (Lipinski definition) is 2. The molecule has 0 bridgehead atoms. The zero-order chi connectivity index (χ0) is 16.3. The summed E-state index contributed by atoms with van der Waals surface area (Å²) in [4.78, 5) is 4.19. The van der Waals surface area contributed by atoms with Crippen LogP contribution in [0.15, 0.2) is 52.1 Å². The van der Waals surface area contributed by atoms with E-state index in [-0.39, 0.29) is 0 Å². The van der Waals surface area contributed by atoms with Crippen molar-refractivity contribution in [2.75, 3.05) is 32.7 Å². The highest BCUT2D eigenvalue weighted by Crippen LogP contribution is 2.17. The van der Waals surface area contributed by atoms with Crippen molar-refractivity contribution in [2.45, 2.75) is 13.0 Å². The molecular formula is C17H23N3O3. The van der Waals surface area contributed by atoms with E-state index in [0.29, 0.717) is 25.7 Å². The molecule has 2 aromatic rings. The van der Waals surface area contributed by atoms with Gasteiger partial charge in [0, 0.05) is 38.9 Å². The van der Waals surface area contributed by atoms with Crippen molar-refractivity contribution in [1.29, 1.82) is 0 Å². The molecule has 0 aliphatic carbocycles. The Morgan fingerprint density at radius 1 is 1.22 bits per heavy atom. The van der Waals surface area contributed by atoms with E-state index < -0.39 is 0 Å². The SMILES string of the molecule is CN=C(NCc1ccco1)Nc1cccc(OCCCOC)c1. The van der Waals surface area contributed by atoms with Gasteiger partial charge in [0.25, 0.3) is 0 Å². The molecule has 0 amide bonds. The van der Waals surface area contributed by atoms with Crippen LogP contribution in [0.1, 0.15) is 12.2 Å². The molecule has 0 aliphatic rings. The van der Waals surface area contributed by atoms with Gasteiger partial charge in [-0.15, -0.1) is 0 Å². The lowest BCUT2D eigenvalue weighted by Gasteiger charge is -2.12. The van der Waals surface area contributed by atoms with Crippen molar-refractivity contribution < 1.29 is 13.9 Å². The van der Waals surface area contributed by atoms with Crippen LogP contribution >= 0.6 is 0 Å². The standard InChI is InChI=1S/C17H23N3O3/c1-18-17(19-13-16-8-4-10-23-16)20-14-6-3-7-15(12-14)22-11-5-9-21-2/h3-4,6-8,10,12H,5,9,11,13H2,1-2H3,(H2,18,19,20). The maximum atomic E-state index is 5.69. The Balaban J connectivity index is 1.85. The van der Waals surface area contributed by atoms with Gasteiger partial charge in [-0.1, -0.05) is 6.07 Å². The van der Waals surface area contributed by atoms with E-state index in [1.165, 1.54) is 0 Å². The Hall–Kier alpha value is -2.47. The molecule has 0 radical (unpaired) electrons. The van der Waals surface area contributed by atoms with Gasteiger partial charge in [-0.05, 0) is 24.3 Å². The third kappa shape index (κ3) is 6.04. The van der Waals surface area contributed by atoms with Gasteiger partial charge in [0.2, 0.25) is 0 Å². The average molecular weight is 317 g/mol. The minimum absolute atomic E-state index is 0.569. The van der Waals surface area contributed by atoms with Gasteiger partial charge in [-0.3, -0.25) is 4.99 Å². The molecule has 0 saturated heterocycles. The highest BCUT2D eigenvalue weighted by atomic mass is 16.5. The fourth-order valence-corrected chi connectivity index (χ4v) is 1.96. The van der Waals surface area contributed by atoms with Crippen LogP contribution in [0.3, 0.4) is 0 Å². The third-order valence-electron chi connectivity index (χ3n) is 3.09. The second kappa shape index (κ2) is 9.53. The van der Waals surface area contributed by atoms with E-state index >= 15 is 0 Å². The second-order valence-electron chi connectivity index (χ2n) is 4.85. The number of benzene rings is 1. The predicted octanol–water partition coefficient (Wildman–Crippen LogP) is 2.88. The van der Waals surface area contributed by atoms with Gasteiger partial charge in [-0.25, -0.2) is 0 Å². The molecule has 1 aromatic carbocycles. The Morgan fingerprint density at radius 3 is 2.87 bits per heavy atom. The van der Waals surface area contributed by atoms with Gasteiger partial charge in [-0.2, -0.15) is 0 Å². The molecule has 23 heavy (non-hydrogen) atoms. The maximum absolute atomic E-state index is 5.69. The highest BCUT2D eigenvalue weighted by Gasteiger charge is 2.02. The monoisotopic (exact) mass is 317 g/mol. The molecule has 1 heterocycles. The highest BCUT2D eigenvalue weighted by molar-refractivity contribution is 5.93. The van der Waals surface area contributed by atoms with Crippen molar-refractivity contribution in [3.63, 3.8) is 0 Å². The normalized spacial score (nSPS) is 11.3. The minimum Gasteiger partial charge on any atom is -0.493 e. The minimum atomic E-state index is 0.569. The Bertz CT molecular complexity index is 597. The van der Waals surface area contributed by atoms with Crippen LogP contribution in [-0.4, -0.2) is 33.3 Å². The summed E-state index contributed by atoms with van der Waals surface area (Å²) in [5.41, 5.74) is 0.904. The number of methoxy groups -OCH3 is 1. The quantitative estimate of drug-likeness (QED) is 0.445. The first-order valence-electron chi connectivity index (χ1n) is 7.53. The molecule has 0 aliphatic heterocycles. The average Bonchev–Trinajstić information content (AvgIpc) is 3.09. The van der Waals surface area contributed by atoms with Crippen LogP contribution in [-0.2, 0) is 11.3 Å². The van der Waals surface area contributed by atoms with Crippen LogP contribution in [0.25, 0.3) is 0 Å². The summed E-state index contributed by atoms with van der Waals surface area (Å²) in [6.45, 7) is 1.89. The molecular weight excluding hydrogens is 294 g/mol. The number of guanidine groups is 1. The molecule has 0 fully saturated rings. The van der Waals surface area contributed by atoms with Crippen LogP contribution in [0.2, 0.25) is 0 Å². The summed E-state index contributed by atoms with van der Waals surface area (Å²) in [6, 6.07) is 11.5. The van der Waals surface area contributed by atoms with Crippen LogP contribution in [0.5, 0.6) is 5.75 Å². The zero-order valence-corrected chi connectivity index (χ0v) is 13.5. The lowest BCUT2D eigenvalue weighted by Crippen LogP contribution is -2.30. The van der Waals surface area contributed by atoms with Gasteiger partial charge >= 0.3 is 0 Å². The number of hydrogen-bond acceptors (Lipinski definition) is 4. The Labute approximate surface area is 136 Å². The molecule has 1 aromatic heterocycles. The number of ether oxygens (including phenoxy) is 2. The van der Waals surface area contributed by atoms with Crippen molar-refractivity contribution in [2.24, 2.45) is 4.99 Å². The number of nitrogens with zero attached hydrogens (tertiary/aromatic N) is 1. The summed E-state index contributed by atoms with van der Waals surface area (Å²) in [7, 11) is 3.41. The topological polar surface area (TPSA) is 68.0 Å². The van der Waals surface area contributed by atoms with E-state index in [0.717, 1.165) is 23.6 Å². The van der Waals surface area contributed by atoms with Gasteiger partial charge in [0.15, 0.2) is 5.96 Å². The van der Waals surface area contributed by atoms with Crippen molar-refractivity contribution in [3.8, 4) is 5.75 Å². The maximum Gasteiger partial charge on any atom is 0.195 e. The Kier molecular flexibility index (Phi) is 7.00. The Morgan fingerprint density at radius 2 is 2.13 bits per heavy atom. The number of furan rings is 1. The number of anilines is 1. The molecule has 2 rings (SSSR count). The summed E-state index contributed by atoms with van der Waals surface area (Å²) in [6.07, 6.45) is 2.51. The summed E-state index contributed by atoms with van der Waals surface area (Å²) >= 11 is 0. The van der Waals surface area contributed by atoms with E-state index in [4.69, 9.17) is 13.9 Å². The number of nitrogens with one attached hydrogen (secondary N) is 2. The first-order valence-corrected chi connectivity index (χ1v) is 7.53. The van der Waals surface area contributed by atoms with Crippen molar-refractivity contribution >= 4 is 11.6 Å². The molecule has 0 unspecified atom stereocenters. The second-order valence-corrected chi connectivity index (χ2v) is 4.85. The van der Waals surface area contributed by atoms with Gasteiger partial charge < -0.3 is 24.5 Å². The first kappa shape index (κ1) is 16.9. The lowest BCUT2D eigenvalue weighted by atomic mass is 10.3. The van der Waals surface area contributed by atoms with Crippen molar-refractivity contribution in [3.05, 3.63) is 48.4 Å². The summed E-state index contributed by atoms with van der Waals surface area (Å²) < 4.78 is 16.0. The fourth-order valence-electron chi connectivity index (χ4n) is 1.96. The molecule has 0 saturated carbocycles. The number of rotatable bonds is 8. The fraction of sp³-hybridized carbons (Fsp3) is 0.353. The largest absolute Gasteiger partial charge is 0.493 e. The molecule has 6 heteroatoms. The van der Waals surface area contributed by atoms with Crippen molar-refractivity contribution in [1.82, 2.24) is 5.32 Å². The molecule has 6 nitrogen and oxygen atoms in total. The van der Waals surface area contributed by atoms with Gasteiger partial charge in [0.05, 0.1) is 19.4 Å². The van der Waals surface area contributed by atoms with E-state index in [1.807, 2.05) is 36.4 Å². The first-order chi connectivity index (χ1) is 11.3. The summed E-state index contributed by atoms with van der Waals surface area (Å²) in [5, 5.41) is 6.41. The lowest BCUT2D eigenvalue weighted by molar-refractivity contribution is 0.172. The zero-order valence-electron chi connectivity index (χ0n) is 13.5. The smallest absolute Gasteiger partial charge is 0.195 e. The molecule has 2 N–H and O–H groups in total. The van der Waals surface area contributed by atoms with E-state index in [9.17, 15) is 0 Å². The molecule has 0 spiro atoms. The van der Waals surface area contributed by atoms with E-state index in [2.05, 4.69) is 15.6 Å².